The van der Waals surface area contributed by atoms with Gasteiger partial charge < -0.3 is 4.57 Å². The minimum Gasteiger partial charge on any atom is -0.307 e. The molecule has 1 aromatic carbocycles. The standard InChI is InChI=1S/C21H16N4/c1-3-16-4-6-17(7-5-16)20-14-25(13-19(20)12-23)21-10-18(8-9-24-21)15(2)11-22/h4-10,13-14H,2-3H2,1H3. The third kappa shape index (κ3) is 3.20. The summed E-state index contributed by atoms with van der Waals surface area (Å²) >= 11 is 0. The van der Waals surface area contributed by atoms with Gasteiger partial charge >= 0.3 is 0 Å². The second kappa shape index (κ2) is 6.86. The van der Waals surface area contributed by atoms with Gasteiger partial charge in [0.1, 0.15) is 11.9 Å². The van der Waals surface area contributed by atoms with E-state index in [2.05, 4.69) is 36.7 Å². The predicted molar refractivity (Wildman–Crippen MR) is 97.7 cm³/mol. The van der Waals surface area contributed by atoms with E-state index in [1.807, 2.05) is 24.4 Å². The van der Waals surface area contributed by atoms with Gasteiger partial charge in [-0.1, -0.05) is 37.8 Å². The van der Waals surface area contributed by atoms with Crippen LogP contribution in [-0.4, -0.2) is 9.55 Å². The highest BCUT2D eigenvalue weighted by Crippen LogP contribution is 2.27. The highest BCUT2D eigenvalue weighted by Gasteiger charge is 2.11. The molecular weight excluding hydrogens is 308 g/mol. The zero-order valence-electron chi connectivity index (χ0n) is 13.9. The molecule has 4 nitrogen and oxygen atoms in total. The Morgan fingerprint density at radius 2 is 1.92 bits per heavy atom. The number of allylic oxidation sites excluding steroid dienone is 1. The van der Waals surface area contributed by atoms with Gasteiger partial charge in [0.05, 0.1) is 17.2 Å². The lowest BCUT2D eigenvalue weighted by atomic mass is 10.0. The Balaban J connectivity index is 2.05. The van der Waals surface area contributed by atoms with Gasteiger partial charge in [0.15, 0.2) is 0 Å². The fourth-order valence-corrected chi connectivity index (χ4v) is 2.64. The van der Waals surface area contributed by atoms with Gasteiger partial charge in [0.25, 0.3) is 0 Å². The minimum atomic E-state index is 0.381. The maximum absolute atomic E-state index is 9.48. The number of nitriles is 2. The number of aromatic nitrogens is 2. The van der Waals surface area contributed by atoms with Crippen LogP contribution in [0, 0.1) is 22.7 Å². The monoisotopic (exact) mass is 324 g/mol. The summed E-state index contributed by atoms with van der Waals surface area (Å²) in [5.74, 6) is 0.641. The molecule has 0 aliphatic heterocycles. The molecule has 25 heavy (non-hydrogen) atoms. The van der Waals surface area contributed by atoms with Crippen LogP contribution in [0.4, 0.5) is 0 Å². The molecule has 0 aliphatic rings. The maximum atomic E-state index is 9.48. The van der Waals surface area contributed by atoms with Crippen molar-refractivity contribution in [1.29, 1.82) is 10.5 Å². The van der Waals surface area contributed by atoms with E-state index in [1.54, 1.807) is 29.1 Å². The minimum absolute atomic E-state index is 0.381. The Hall–Kier alpha value is -3.63. The van der Waals surface area contributed by atoms with E-state index in [1.165, 1.54) is 5.56 Å². The second-order valence-corrected chi connectivity index (χ2v) is 5.65. The fraction of sp³-hybridized carbons (Fsp3) is 0.0952. The summed E-state index contributed by atoms with van der Waals surface area (Å²) in [6.07, 6.45) is 6.26. The lowest BCUT2D eigenvalue weighted by Gasteiger charge is -2.04. The van der Waals surface area contributed by atoms with Crippen LogP contribution in [-0.2, 0) is 6.42 Å². The van der Waals surface area contributed by atoms with E-state index in [9.17, 15) is 5.26 Å². The topological polar surface area (TPSA) is 65.4 Å². The van der Waals surface area contributed by atoms with Crippen LogP contribution in [0.15, 0.2) is 61.6 Å². The molecular formula is C21H16N4. The first kappa shape index (κ1) is 16.2. The molecule has 0 atom stereocenters. The molecule has 0 aliphatic carbocycles. The van der Waals surface area contributed by atoms with Crippen molar-refractivity contribution in [1.82, 2.24) is 9.55 Å². The summed E-state index contributed by atoms with van der Waals surface area (Å²) in [6, 6.07) is 16.0. The van der Waals surface area contributed by atoms with Gasteiger partial charge in [-0.15, -0.1) is 0 Å². The summed E-state index contributed by atoms with van der Waals surface area (Å²) in [5.41, 5.74) is 4.78. The molecule has 3 aromatic rings. The van der Waals surface area contributed by atoms with Crippen molar-refractivity contribution in [3.63, 3.8) is 0 Å². The van der Waals surface area contributed by atoms with Crippen molar-refractivity contribution in [2.75, 3.05) is 0 Å². The van der Waals surface area contributed by atoms with Gasteiger partial charge in [-0.3, -0.25) is 0 Å². The zero-order chi connectivity index (χ0) is 17.8. The summed E-state index contributed by atoms with van der Waals surface area (Å²) in [4.78, 5) is 4.34. The molecule has 0 saturated carbocycles. The zero-order valence-corrected chi connectivity index (χ0v) is 13.9. The largest absolute Gasteiger partial charge is 0.307 e. The van der Waals surface area contributed by atoms with Crippen LogP contribution in [0.3, 0.4) is 0 Å². The molecule has 0 bridgehead atoms. The van der Waals surface area contributed by atoms with E-state index >= 15 is 0 Å². The highest BCUT2D eigenvalue weighted by molar-refractivity contribution is 5.75. The number of benzene rings is 1. The Morgan fingerprint density at radius 3 is 2.56 bits per heavy atom. The normalized spacial score (nSPS) is 10.0. The first-order chi connectivity index (χ1) is 12.2. The van der Waals surface area contributed by atoms with Crippen molar-refractivity contribution < 1.29 is 0 Å². The van der Waals surface area contributed by atoms with Crippen molar-refractivity contribution in [2.45, 2.75) is 13.3 Å². The Bertz CT molecular complexity index is 1010. The van der Waals surface area contributed by atoms with Crippen LogP contribution in [0.1, 0.15) is 23.6 Å². The van der Waals surface area contributed by atoms with E-state index in [-0.39, 0.29) is 0 Å². The molecule has 2 heterocycles. The van der Waals surface area contributed by atoms with Crippen LogP contribution in [0.25, 0.3) is 22.5 Å². The third-order valence-electron chi connectivity index (χ3n) is 4.11. The molecule has 3 rings (SSSR count). The summed E-state index contributed by atoms with van der Waals surface area (Å²) < 4.78 is 1.80. The number of hydrogen-bond donors (Lipinski definition) is 0. The lowest BCUT2D eigenvalue weighted by molar-refractivity contribution is 1.01. The lowest BCUT2D eigenvalue weighted by Crippen LogP contribution is -1.95. The average molecular weight is 324 g/mol. The van der Waals surface area contributed by atoms with E-state index in [4.69, 9.17) is 5.26 Å². The Kier molecular flexibility index (Phi) is 4.46. The van der Waals surface area contributed by atoms with Gasteiger partial charge in [0, 0.05) is 24.2 Å². The van der Waals surface area contributed by atoms with Crippen LogP contribution in [0.2, 0.25) is 0 Å². The molecule has 0 saturated heterocycles. The fourth-order valence-electron chi connectivity index (χ4n) is 2.64. The predicted octanol–water partition coefficient (Wildman–Crippen LogP) is 4.51. The van der Waals surface area contributed by atoms with Crippen molar-refractivity contribution in [3.05, 3.63) is 78.3 Å². The van der Waals surface area contributed by atoms with Gasteiger partial charge in [0.2, 0.25) is 0 Å². The first-order valence-corrected chi connectivity index (χ1v) is 7.93. The van der Waals surface area contributed by atoms with Gasteiger partial charge in [-0.05, 0) is 35.2 Å². The van der Waals surface area contributed by atoms with Crippen LogP contribution >= 0.6 is 0 Å². The summed E-state index contributed by atoms with van der Waals surface area (Å²) in [5, 5.41) is 18.5. The van der Waals surface area contributed by atoms with E-state index < -0.39 is 0 Å². The molecule has 0 spiro atoms. The Labute approximate surface area is 146 Å². The molecule has 0 N–H and O–H groups in total. The summed E-state index contributed by atoms with van der Waals surface area (Å²) in [6.45, 7) is 5.84. The first-order valence-electron chi connectivity index (χ1n) is 7.93. The second-order valence-electron chi connectivity index (χ2n) is 5.65. The average Bonchev–Trinajstić information content (AvgIpc) is 3.12. The molecule has 0 fully saturated rings. The molecule has 4 heteroatoms. The molecule has 0 unspecified atom stereocenters. The van der Waals surface area contributed by atoms with Gasteiger partial charge in [-0.2, -0.15) is 10.5 Å². The van der Waals surface area contributed by atoms with Gasteiger partial charge in [-0.25, -0.2) is 4.98 Å². The summed E-state index contributed by atoms with van der Waals surface area (Å²) in [7, 11) is 0. The van der Waals surface area contributed by atoms with Crippen molar-refractivity contribution >= 4 is 5.57 Å². The van der Waals surface area contributed by atoms with Crippen molar-refractivity contribution in [2.24, 2.45) is 0 Å². The number of hydrogen-bond acceptors (Lipinski definition) is 3. The maximum Gasteiger partial charge on any atom is 0.137 e. The quantitative estimate of drug-likeness (QED) is 0.663. The van der Waals surface area contributed by atoms with Crippen molar-refractivity contribution in [3.8, 4) is 29.1 Å². The van der Waals surface area contributed by atoms with Crippen LogP contribution < -0.4 is 0 Å². The number of aryl methyl sites for hydroxylation is 1. The van der Waals surface area contributed by atoms with Crippen LogP contribution in [0.5, 0.6) is 0 Å². The smallest absolute Gasteiger partial charge is 0.137 e. The number of pyridine rings is 1. The number of rotatable bonds is 4. The molecule has 0 radical (unpaired) electrons. The van der Waals surface area contributed by atoms with E-state index in [0.717, 1.165) is 17.5 Å². The number of nitrogens with zero attached hydrogens (tertiary/aromatic N) is 4. The molecule has 0 amide bonds. The third-order valence-corrected chi connectivity index (χ3v) is 4.11. The highest BCUT2D eigenvalue weighted by atomic mass is 15.0. The molecule has 120 valence electrons. The van der Waals surface area contributed by atoms with E-state index in [0.29, 0.717) is 22.5 Å². The molecule has 2 aromatic heterocycles. The Morgan fingerprint density at radius 1 is 1.16 bits per heavy atom. The SMILES string of the molecule is C=C(C#N)c1ccnc(-n2cc(C#N)c(-c3ccc(CC)cc3)c2)c1.